The number of epoxide rings is 1. The number of fused-ring (bicyclic) bond motifs is 1. The van der Waals surface area contributed by atoms with Gasteiger partial charge in [-0.2, -0.15) is 0 Å². The van der Waals surface area contributed by atoms with Crippen LogP contribution in [0.1, 0.15) is 12.0 Å². The molecule has 2 aromatic rings. The van der Waals surface area contributed by atoms with E-state index in [-0.39, 0.29) is 5.91 Å². The molecule has 1 aliphatic rings. The van der Waals surface area contributed by atoms with Crippen LogP contribution < -0.4 is 5.32 Å². The summed E-state index contributed by atoms with van der Waals surface area (Å²) in [6, 6.07) is 14.3. The molecule has 19 heavy (non-hydrogen) atoms. The normalized spacial score (nSPS) is 17.4. The van der Waals surface area contributed by atoms with Gasteiger partial charge in [-0.3, -0.25) is 4.79 Å². The first-order valence-electron chi connectivity index (χ1n) is 6.68. The van der Waals surface area contributed by atoms with E-state index in [9.17, 15) is 4.79 Å². The highest BCUT2D eigenvalue weighted by atomic mass is 16.6. The fraction of sp³-hybridized carbons (Fsp3) is 0.312. The molecule has 1 N–H and O–H groups in total. The monoisotopic (exact) mass is 255 g/mol. The quantitative estimate of drug-likeness (QED) is 0.833. The lowest BCUT2D eigenvalue weighted by atomic mass is 10.0. The molecule has 0 bridgehead atoms. The molecular weight excluding hydrogens is 238 g/mol. The summed E-state index contributed by atoms with van der Waals surface area (Å²) in [6.07, 6.45) is 1.73. The fourth-order valence-electron chi connectivity index (χ4n) is 2.29. The smallest absolute Gasteiger partial charge is 0.224 e. The van der Waals surface area contributed by atoms with Gasteiger partial charge in [0, 0.05) is 6.54 Å². The van der Waals surface area contributed by atoms with Crippen LogP contribution in [0.25, 0.3) is 10.8 Å². The molecule has 1 heterocycles. The molecule has 3 nitrogen and oxygen atoms in total. The van der Waals surface area contributed by atoms with Crippen LogP contribution >= 0.6 is 0 Å². The second kappa shape index (κ2) is 5.41. The summed E-state index contributed by atoms with van der Waals surface area (Å²) in [6.45, 7) is 1.55. The van der Waals surface area contributed by atoms with Crippen molar-refractivity contribution in [3.05, 3.63) is 48.0 Å². The molecule has 0 spiro atoms. The summed E-state index contributed by atoms with van der Waals surface area (Å²) in [7, 11) is 0. The number of benzene rings is 2. The van der Waals surface area contributed by atoms with Crippen molar-refractivity contribution < 1.29 is 9.53 Å². The molecule has 2 aromatic carbocycles. The number of hydrogen-bond acceptors (Lipinski definition) is 2. The number of carbonyl (C=O) groups is 1. The summed E-state index contributed by atoms with van der Waals surface area (Å²) in [5, 5.41) is 5.29. The molecule has 1 atom stereocenters. The van der Waals surface area contributed by atoms with Gasteiger partial charge in [-0.1, -0.05) is 42.5 Å². The summed E-state index contributed by atoms with van der Waals surface area (Å²) >= 11 is 0. The maximum Gasteiger partial charge on any atom is 0.224 e. The molecule has 3 heteroatoms. The van der Waals surface area contributed by atoms with E-state index in [1.54, 1.807) is 0 Å². The highest BCUT2D eigenvalue weighted by molar-refractivity contribution is 5.90. The van der Waals surface area contributed by atoms with Crippen LogP contribution in [0.3, 0.4) is 0 Å². The van der Waals surface area contributed by atoms with Crippen molar-refractivity contribution >= 4 is 16.7 Å². The van der Waals surface area contributed by atoms with Crippen LogP contribution in [-0.2, 0) is 16.0 Å². The lowest BCUT2D eigenvalue weighted by Crippen LogP contribution is -2.26. The van der Waals surface area contributed by atoms with Gasteiger partial charge in [0.05, 0.1) is 19.1 Å². The van der Waals surface area contributed by atoms with Crippen LogP contribution in [-0.4, -0.2) is 25.2 Å². The molecule has 1 amide bonds. The van der Waals surface area contributed by atoms with E-state index >= 15 is 0 Å². The Morgan fingerprint density at radius 3 is 2.84 bits per heavy atom. The van der Waals surface area contributed by atoms with Crippen LogP contribution in [0.2, 0.25) is 0 Å². The SMILES string of the molecule is O=C(Cc1cccc2ccccc12)NCCC1CO1. The predicted molar refractivity (Wildman–Crippen MR) is 75.0 cm³/mol. The third kappa shape index (κ3) is 3.12. The van der Waals surface area contributed by atoms with Gasteiger partial charge in [0.1, 0.15) is 0 Å². The second-order valence-corrected chi connectivity index (χ2v) is 4.91. The van der Waals surface area contributed by atoms with Crippen LogP contribution in [0, 0.1) is 0 Å². The molecular formula is C16H17NO2. The van der Waals surface area contributed by atoms with Gasteiger partial charge in [0.15, 0.2) is 0 Å². The maximum atomic E-state index is 11.9. The van der Waals surface area contributed by atoms with Gasteiger partial charge < -0.3 is 10.1 Å². The van der Waals surface area contributed by atoms with Crippen LogP contribution in [0.4, 0.5) is 0 Å². The standard InChI is InChI=1S/C16H17NO2/c18-16(17-9-8-14-11-19-14)10-13-6-3-5-12-4-1-2-7-15(12)13/h1-7,14H,8-11H2,(H,17,18). The minimum absolute atomic E-state index is 0.0806. The van der Waals surface area contributed by atoms with Crippen molar-refractivity contribution in [1.82, 2.24) is 5.32 Å². The zero-order valence-corrected chi connectivity index (χ0v) is 10.8. The molecule has 0 radical (unpaired) electrons. The molecule has 0 aromatic heterocycles. The van der Waals surface area contributed by atoms with Gasteiger partial charge in [-0.05, 0) is 22.8 Å². The second-order valence-electron chi connectivity index (χ2n) is 4.91. The zero-order valence-electron chi connectivity index (χ0n) is 10.8. The Hall–Kier alpha value is -1.87. The molecule has 1 aliphatic heterocycles. The molecule has 3 rings (SSSR count). The third-order valence-corrected chi connectivity index (χ3v) is 3.42. The van der Waals surface area contributed by atoms with E-state index in [1.807, 2.05) is 24.3 Å². The Morgan fingerprint density at radius 2 is 2.00 bits per heavy atom. The minimum Gasteiger partial charge on any atom is -0.373 e. The van der Waals surface area contributed by atoms with Crippen molar-refractivity contribution in [3.63, 3.8) is 0 Å². The predicted octanol–water partition coefficient (Wildman–Crippen LogP) is 2.29. The molecule has 1 saturated heterocycles. The highest BCUT2D eigenvalue weighted by Gasteiger charge is 2.21. The van der Waals surface area contributed by atoms with E-state index in [2.05, 4.69) is 23.5 Å². The van der Waals surface area contributed by atoms with E-state index in [4.69, 9.17) is 4.74 Å². The van der Waals surface area contributed by atoms with Crippen molar-refractivity contribution in [2.24, 2.45) is 0 Å². The van der Waals surface area contributed by atoms with Crippen LogP contribution in [0.15, 0.2) is 42.5 Å². The van der Waals surface area contributed by atoms with E-state index < -0.39 is 0 Å². The summed E-state index contributed by atoms with van der Waals surface area (Å²) in [4.78, 5) is 11.9. The topological polar surface area (TPSA) is 41.6 Å². The van der Waals surface area contributed by atoms with E-state index in [0.717, 1.165) is 24.0 Å². The Bertz CT molecular complexity index is 585. The van der Waals surface area contributed by atoms with Crippen molar-refractivity contribution in [3.8, 4) is 0 Å². The summed E-state index contributed by atoms with van der Waals surface area (Å²) in [5.74, 6) is 0.0806. The molecule has 1 fully saturated rings. The Balaban J connectivity index is 1.64. The minimum atomic E-state index is 0.0806. The van der Waals surface area contributed by atoms with Gasteiger partial charge in [0.2, 0.25) is 5.91 Å². The summed E-state index contributed by atoms with van der Waals surface area (Å²) in [5.41, 5.74) is 1.08. The molecule has 1 unspecified atom stereocenters. The first-order chi connectivity index (χ1) is 9.33. The van der Waals surface area contributed by atoms with Gasteiger partial charge in [0.25, 0.3) is 0 Å². The summed E-state index contributed by atoms with van der Waals surface area (Å²) < 4.78 is 5.11. The van der Waals surface area contributed by atoms with E-state index in [0.29, 0.717) is 19.1 Å². The lowest BCUT2D eigenvalue weighted by molar-refractivity contribution is -0.120. The Kier molecular flexibility index (Phi) is 3.47. The van der Waals surface area contributed by atoms with Crippen molar-refractivity contribution in [2.75, 3.05) is 13.2 Å². The number of ether oxygens (including phenoxy) is 1. The highest BCUT2D eigenvalue weighted by Crippen LogP contribution is 2.18. The number of hydrogen-bond donors (Lipinski definition) is 1. The first-order valence-corrected chi connectivity index (χ1v) is 6.68. The fourth-order valence-corrected chi connectivity index (χ4v) is 2.29. The Morgan fingerprint density at radius 1 is 1.21 bits per heavy atom. The van der Waals surface area contributed by atoms with Crippen LogP contribution in [0.5, 0.6) is 0 Å². The molecule has 0 aliphatic carbocycles. The molecule has 98 valence electrons. The number of nitrogens with one attached hydrogen (secondary N) is 1. The van der Waals surface area contributed by atoms with Crippen molar-refractivity contribution in [1.29, 1.82) is 0 Å². The average Bonchev–Trinajstić information content (AvgIpc) is 3.23. The maximum absolute atomic E-state index is 11.9. The largest absolute Gasteiger partial charge is 0.373 e. The molecule has 0 saturated carbocycles. The average molecular weight is 255 g/mol. The lowest BCUT2D eigenvalue weighted by Gasteiger charge is -2.07. The van der Waals surface area contributed by atoms with E-state index in [1.165, 1.54) is 5.39 Å². The number of rotatable bonds is 5. The van der Waals surface area contributed by atoms with Gasteiger partial charge in [-0.25, -0.2) is 0 Å². The number of carbonyl (C=O) groups excluding carboxylic acids is 1. The first kappa shape index (κ1) is 12.2. The third-order valence-electron chi connectivity index (χ3n) is 3.42. The zero-order chi connectivity index (χ0) is 13.1. The van der Waals surface area contributed by atoms with Gasteiger partial charge in [-0.15, -0.1) is 0 Å². The van der Waals surface area contributed by atoms with Gasteiger partial charge >= 0.3 is 0 Å². The number of amides is 1. The Labute approximate surface area is 112 Å². The van der Waals surface area contributed by atoms with Crippen molar-refractivity contribution in [2.45, 2.75) is 18.9 Å².